The Balaban J connectivity index is 1.11. The van der Waals surface area contributed by atoms with Crippen LogP contribution in [-0.4, -0.2) is 19.5 Å². The third kappa shape index (κ3) is 4.32. The Labute approximate surface area is 357 Å². The second-order valence-corrected chi connectivity index (χ2v) is 16.7. The van der Waals surface area contributed by atoms with Gasteiger partial charge in [0.25, 0.3) is 0 Å². The van der Waals surface area contributed by atoms with Gasteiger partial charge >= 0.3 is 0 Å². The largest absolute Gasteiger partial charge is 0.278 e. The minimum Gasteiger partial charge on any atom is -0.278 e. The lowest BCUT2D eigenvalue weighted by atomic mass is 9.70. The van der Waals surface area contributed by atoms with E-state index in [-0.39, 0.29) is 0 Å². The Morgan fingerprint density at radius 3 is 1.68 bits per heavy atom. The van der Waals surface area contributed by atoms with Crippen LogP contribution in [-0.2, 0) is 5.41 Å². The normalized spacial score (nSPS) is 14.8. The van der Waals surface area contributed by atoms with E-state index in [0.717, 1.165) is 16.7 Å². The summed E-state index contributed by atoms with van der Waals surface area (Å²) < 4.78 is 2.26. The molecule has 0 saturated carbocycles. The van der Waals surface area contributed by atoms with Crippen molar-refractivity contribution in [2.75, 3.05) is 0 Å². The molecule has 0 bridgehead atoms. The second-order valence-electron chi connectivity index (χ2n) is 16.7. The lowest BCUT2D eigenvalue weighted by molar-refractivity contribution is 0.792. The molecule has 2 aliphatic rings. The molecule has 2 aliphatic carbocycles. The van der Waals surface area contributed by atoms with Crippen molar-refractivity contribution < 1.29 is 0 Å². The van der Waals surface area contributed by atoms with E-state index < -0.39 is 5.41 Å². The number of nitrogens with zero attached hydrogens (tertiary/aromatic N) is 4. The Kier molecular flexibility index (Phi) is 6.73. The monoisotopic (exact) mass is 786 g/mol. The molecule has 0 amide bonds. The zero-order valence-corrected chi connectivity index (χ0v) is 33.4. The van der Waals surface area contributed by atoms with Gasteiger partial charge in [-0.15, -0.1) is 0 Å². The molecule has 62 heavy (non-hydrogen) atoms. The molecule has 1 atom stereocenters. The molecule has 1 unspecified atom stereocenters. The minimum atomic E-state index is -0.631. The molecule has 0 fully saturated rings. The van der Waals surface area contributed by atoms with Crippen LogP contribution in [0.25, 0.3) is 105 Å². The molecule has 4 heteroatoms. The molecule has 9 aromatic carbocycles. The van der Waals surface area contributed by atoms with Crippen LogP contribution in [0.5, 0.6) is 0 Å². The van der Waals surface area contributed by atoms with Gasteiger partial charge in [-0.05, 0) is 130 Å². The van der Waals surface area contributed by atoms with Crippen LogP contribution in [0.15, 0.2) is 207 Å². The van der Waals surface area contributed by atoms with E-state index in [1.165, 1.54) is 104 Å². The van der Waals surface area contributed by atoms with Gasteiger partial charge in [0.2, 0.25) is 5.95 Å². The molecular weight excluding hydrogens is 753 g/mol. The van der Waals surface area contributed by atoms with E-state index >= 15 is 0 Å². The second kappa shape index (κ2) is 12.4. The highest BCUT2D eigenvalue weighted by Crippen LogP contribution is 2.63. The van der Waals surface area contributed by atoms with Crippen molar-refractivity contribution in [3.05, 3.63) is 229 Å². The first-order chi connectivity index (χ1) is 30.8. The summed E-state index contributed by atoms with van der Waals surface area (Å²) in [4.78, 5) is 14.9. The molecule has 4 nitrogen and oxygen atoms in total. The minimum absolute atomic E-state index is 0.631. The van der Waals surface area contributed by atoms with Gasteiger partial charge in [-0.2, -0.15) is 0 Å². The molecule has 0 radical (unpaired) electrons. The van der Waals surface area contributed by atoms with Crippen LogP contribution in [0, 0.1) is 0 Å². The number of hydrogen-bond donors (Lipinski definition) is 0. The molecule has 286 valence electrons. The molecule has 3 aromatic heterocycles. The first-order valence-electron chi connectivity index (χ1n) is 21.3. The van der Waals surface area contributed by atoms with Gasteiger partial charge in [-0.3, -0.25) is 9.55 Å². The molecule has 0 saturated heterocycles. The van der Waals surface area contributed by atoms with E-state index in [1.807, 2.05) is 24.7 Å². The first-order valence-corrected chi connectivity index (χ1v) is 21.3. The van der Waals surface area contributed by atoms with E-state index in [4.69, 9.17) is 15.0 Å². The zero-order chi connectivity index (χ0) is 40.5. The highest BCUT2D eigenvalue weighted by atomic mass is 15.1. The number of pyridine rings is 1. The van der Waals surface area contributed by atoms with Crippen molar-refractivity contribution in [1.82, 2.24) is 19.5 Å². The van der Waals surface area contributed by atoms with Crippen LogP contribution >= 0.6 is 0 Å². The van der Waals surface area contributed by atoms with Gasteiger partial charge in [0, 0.05) is 34.9 Å². The fourth-order valence-corrected chi connectivity index (χ4v) is 11.3. The average Bonchev–Trinajstić information content (AvgIpc) is 3.92. The van der Waals surface area contributed by atoms with Crippen LogP contribution < -0.4 is 0 Å². The molecular formula is C58H34N4. The van der Waals surface area contributed by atoms with Gasteiger partial charge in [-0.1, -0.05) is 146 Å². The quantitative estimate of drug-likeness (QED) is 0.168. The maximum atomic E-state index is 5.18. The number of rotatable bonds is 3. The van der Waals surface area contributed by atoms with Gasteiger partial charge in [0.1, 0.15) is 0 Å². The van der Waals surface area contributed by atoms with Crippen molar-refractivity contribution >= 4 is 54.1 Å². The van der Waals surface area contributed by atoms with E-state index in [1.54, 1.807) is 0 Å². The number of hydrogen-bond acceptors (Lipinski definition) is 3. The molecule has 0 aliphatic heterocycles. The molecule has 0 N–H and O–H groups in total. The summed E-state index contributed by atoms with van der Waals surface area (Å²) >= 11 is 0. The SMILES string of the molecule is c1ccc(-c2c3ccccc3c(-c3ccc4c(c3)C3(c5ccccc5-c5cc6c7cc8ccccc8cc7n(-c7ncccn7)c6cc53)c3cccnc3-4)c3ccccc23)cc1. The molecule has 3 heterocycles. The highest BCUT2D eigenvalue weighted by Gasteiger charge is 2.52. The molecule has 12 aromatic rings. The molecule has 14 rings (SSSR count). The Morgan fingerprint density at radius 2 is 0.919 bits per heavy atom. The summed E-state index contributed by atoms with van der Waals surface area (Å²) in [6.07, 6.45) is 5.61. The van der Waals surface area contributed by atoms with Crippen LogP contribution in [0.1, 0.15) is 22.3 Å². The summed E-state index contributed by atoms with van der Waals surface area (Å²) in [6, 6.07) is 69.3. The Morgan fingerprint density at radius 1 is 0.339 bits per heavy atom. The summed E-state index contributed by atoms with van der Waals surface area (Å²) in [5.41, 5.74) is 16.1. The van der Waals surface area contributed by atoms with Crippen molar-refractivity contribution in [2.45, 2.75) is 5.41 Å². The predicted molar refractivity (Wildman–Crippen MR) is 254 cm³/mol. The lowest BCUT2D eigenvalue weighted by Crippen LogP contribution is -2.26. The predicted octanol–water partition coefficient (Wildman–Crippen LogP) is 14.1. The van der Waals surface area contributed by atoms with Crippen LogP contribution in [0.3, 0.4) is 0 Å². The third-order valence-electron chi connectivity index (χ3n) is 13.7. The third-order valence-corrected chi connectivity index (χ3v) is 13.7. The maximum absolute atomic E-state index is 5.18. The van der Waals surface area contributed by atoms with Crippen molar-refractivity contribution in [1.29, 1.82) is 0 Å². The fraction of sp³-hybridized carbons (Fsp3) is 0.0172. The lowest BCUT2D eigenvalue weighted by Gasteiger charge is -2.30. The van der Waals surface area contributed by atoms with Crippen molar-refractivity contribution in [3.8, 4) is 50.6 Å². The van der Waals surface area contributed by atoms with Crippen molar-refractivity contribution in [3.63, 3.8) is 0 Å². The molecule has 1 spiro atoms. The number of benzene rings is 9. The summed E-state index contributed by atoms with van der Waals surface area (Å²) in [6.45, 7) is 0. The standard InChI is InChI=1S/C58H34N4/c1-2-14-35(15-3-1)54-40-19-6-8-21-42(40)55(43-22-9-7-20-41(43)54)38-25-26-44-50(31-38)58(49-24-12-27-59-56(44)49)48-23-11-10-18-39(48)45-33-47-46-30-36-16-4-5-17-37(36)32-52(46)62(53(47)34-51(45)58)57-60-28-13-29-61-57/h1-34H. The van der Waals surface area contributed by atoms with E-state index in [0.29, 0.717) is 5.95 Å². The average molecular weight is 787 g/mol. The summed E-state index contributed by atoms with van der Waals surface area (Å²) in [7, 11) is 0. The highest BCUT2D eigenvalue weighted by molar-refractivity contribution is 6.22. The van der Waals surface area contributed by atoms with E-state index in [9.17, 15) is 0 Å². The number of aromatic nitrogens is 4. The fourth-order valence-electron chi connectivity index (χ4n) is 11.3. The Bertz CT molecular complexity index is 3810. The zero-order valence-electron chi connectivity index (χ0n) is 33.4. The van der Waals surface area contributed by atoms with E-state index in [2.05, 4.69) is 187 Å². The Hall–Kier alpha value is -8.21. The van der Waals surface area contributed by atoms with Crippen molar-refractivity contribution in [2.24, 2.45) is 0 Å². The van der Waals surface area contributed by atoms with Crippen LogP contribution in [0.2, 0.25) is 0 Å². The smallest absolute Gasteiger partial charge is 0.234 e. The van der Waals surface area contributed by atoms with Gasteiger partial charge in [-0.25, -0.2) is 9.97 Å². The summed E-state index contributed by atoms with van der Waals surface area (Å²) in [5, 5.41) is 9.72. The summed E-state index contributed by atoms with van der Waals surface area (Å²) in [5.74, 6) is 0.654. The topological polar surface area (TPSA) is 43.6 Å². The number of fused-ring (bicyclic) bond motifs is 16. The van der Waals surface area contributed by atoms with Gasteiger partial charge in [0.05, 0.1) is 22.1 Å². The van der Waals surface area contributed by atoms with Gasteiger partial charge in [0.15, 0.2) is 0 Å². The first kappa shape index (κ1) is 33.6. The maximum Gasteiger partial charge on any atom is 0.234 e. The van der Waals surface area contributed by atoms with Gasteiger partial charge < -0.3 is 0 Å². The van der Waals surface area contributed by atoms with Crippen LogP contribution in [0.4, 0.5) is 0 Å².